The van der Waals surface area contributed by atoms with Gasteiger partial charge in [-0.1, -0.05) is 6.07 Å². The largest absolute Gasteiger partial charge is 0.324 e. The number of hydrogen-bond acceptors (Lipinski definition) is 0. The van der Waals surface area contributed by atoms with Crippen molar-refractivity contribution >= 4 is 0 Å². The Kier molecular flexibility index (Phi) is 1.88. The molecular weight excluding hydrogens is 165 g/mol. The smallest absolute Gasteiger partial charge is 0.123 e. The molecule has 1 aromatic carbocycles. The summed E-state index contributed by atoms with van der Waals surface area (Å²) in [7, 11) is 4.43. The maximum atomic E-state index is 12.9. The van der Waals surface area contributed by atoms with Crippen LogP contribution in [0.4, 0.5) is 4.39 Å². The lowest BCUT2D eigenvalue weighted by molar-refractivity contribution is -0.905. The van der Waals surface area contributed by atoms with Crippen LogP contribution in [0.2, 0.25) is 0 Å². The number of nitrogens with zero attached hydrogens (tertiary/aromatic N) is 1. The number of halogens is 1. The second kappa shape index (κ2) is 2.81. The Bertz CT molecular complexity index is 331. The maximum absolute atomic E-state index is 12.9. The van der Waals surface area contributed by atoms with Crippen LogP contribution in [0.25, 0.3) is 0 Å². The van der Waals surface area contributed by atoms with E-state index in [4.69, 9.17) is 0 Å². The number of fused-ring (bicyclic) bond motifs is 1. The molecule has 1 nitrogen and oxygen atoms in total. The zero-order valence-corrected chi connectivity index (χ0v) is 8.18. The van der Waals surface area contributed by atoms with E-state index in [0.717, 1.165) is 24.0 Å². The van der Waals surface area contributed by atoms with Crippen molar-refractivity contribution in [3.8, 4) is 0 Å². The average molecular weight is 180 g/mol. The first kappa shape index (κ1) is 8.70. The molecule has 0 aliphatic carbocycles. The predicted octanol–water partition coefficient (Wildman–Crippen LogP) is 1.96. The summed E-state index contributed by atoms with van der Waals surface area (Å²) >= 11 is 0. The molecule has 2 heteroatoms. The summed E-state index contributed by atoms with van der Waals surface area (Å²) in [6, 6.07) is 5.16. The summed E-state index contributed by atoms with van der Waals surface area (Å²) in [5, 5.41) is 0. The molecule has 0 bridgehead atoms. The van der Waals surface area contributed by atoms with Gasteiger partial charge in [-0.2, -0.15) is 0 Å². The van der Waals surface area contributed by atoms with Crippen molar-refractivity contribution in [2.45, 2.75) is 13.0 Å². The second-order valence-corrected chi connectivity index (χ2v) is 4.48. The van der Waals surface area contributed by atoms with E-state index in [1.807, 2.05) is 6.07 Å². The first-order valence-corrected chi connectivity index (χ1v) is 4.66. The third kappa shape index (κ3) is 1.73. The predicted molar refractivity (Wildman–Crippen MR) is 50.8 cm³/mol. The molecule has 0 saturated heterocycles. The van der Waals surface area contributed by atoms with Crippen LogP contribution >= 0.6 is 0 Å². The van der Waals surface area contributed by atoms with Gasteiger partial charge in [-0.25, -0.2) is 4.39 Å². The highest BCUT2D eigenvalue weighted by Gasteiger charge is 2.23. The van der Waals surface area contributed by atoms with E-state index in [2.05, 4.69) is 14.1 Å². The Hall–Kier alpha value is -0.890. The molecule has 0 spiro atoms. The van der Waals surface area contributed by atoms with Gasteiger partial charge in [0.25, 0.3) is 0 Å². The quantitative estimate of drug-likeness (QED) is 0.535. The third-order valence-electron chi connectivity index (χ3n) is 2.75. The fraction of sp³-hybridized carbons (Fsp3) is 0.455. The summed E-state index contributed by atoms with van der Waals surface area (Å²) in [6.07, 6.45) is 1.00. The minimum absolute atomic E-state index is 0.106. The Morgan fingerprint density at radius 3 is 2.77 bits per heavy atom. The van der Waals surface area contributed by atoms with Gasteiger partial charge in [-0.05, 0) is 17.7 Å². The molecule has 1 aromatic rings. The van der Waals surface area contributed by atoms with Crippen LogP contribution in [0, 0.1) is 5.82 Å². The van der Waals surface area contributed by atoms with Gasteiger partial charge in [0.2, 0.25) is 0 Å². The van der Waals surface area contributed by atoms with Crippen LogP contribution in [-0.2, 0) is 13.0 Å². The minimum Gasteiger partial charge on any atom is -0.324 e. The van der Waals surface area contributed by atoms with Gasteiger partial charge < -0.3 is 4.48 Å². The van der Waals surface area contributed by atoms with Gasteiger partial charge in [0.1, 0.15) is 12.4 Å². The fourth-order valence-corrected chi connectivity index (χ4v) is 1.94. The van der Waals surface area contributed by atoms with E-state index in [1.54, 1.807) is 12.1 Å². The summed E-state index contributed by atoms with van der Waals surface area (Å²) in [6.45, 7) is 2.13. The standard InChI is InChI=1S/C11H15FN/c1-13(2)6-5-9-7-11(12)4-3-10(9)8-13/h3-4,7H,5-6,8H2,1-2H3/q+1. The van der Waals surface area contributed by atoms with Crippen molar-refractivity contribution in [2.75, 3.05) is 20.6 Å². The molecule has 0 unspecified atom stereocenters. The Morgan fingerprint density at radius 1 is 1.23 bits per heavy atom. The number of quaternary nitrogens is 1. The molecule has 0 atom stereocenters. The van der Waals surface area contributed by atoms with E-state index >= 15 is 0 Å². The first-order valence-electron chi connectivity index (χ1n) is 4.66. The molecule has 13 heavy (non-hydrogen) atoms. The highest BCUT2D eigenvalue weighted by atomic mass is 19.1. The van der Waals surface area contributed by atoms with E-state index in [9.17, 15) is 4.39 Å². The van der Waals surface area contributed by atoms with Crippen LogP contribution < -0.4 is 0 Å². The molecule has 0 amide bonds. The molecule has 0 aromatic heterocycles. The average Bonchev–Trinajstić information content (AvgIpc) is 2.05. The fourth-order valence-electron chi connectivity index (χ4n) is 1.94. The number of benzene rings is 1. The summed E-state index contributed by atoms with van der Waals surface area (Å²) in [5.74, 6) is -0.106. The number of likely N-dealkylation sites (N-methyl/N-ethyl adjacent to an activating group) is 1. The van der Waals surface area contributed by atoms with Gasteiger partial charge >= 0.3 is 0 Å². The molecule has 1 aliphatic heterocycles. The Balaban J connectivity index is 2.37. The first-order chi connectivity index (χ1) is 6.07. The maximum Gasteiger partial charge on any atom is 0.123 e. The molecule has 70 valence electrons. The molecule has 0 saturated carbocycles. The van der Waals surface area contributed by atoms with E-state index in [-0.39, 0.29) is 5.82 Å². The molecule has 0 radical (unpaired) electrons. The normalized spacial score (nSPS) is 19.6. The number of rotatable bonds is 0. The molecule has 1 aliphatic rings. The molecular formula is C11H15FN+. The second-order valence-electron chi connectivity index (χ2n) is 4.48. The Labute approximate surface area is 78.4 Å². The van der Waals surface area contributed by atoms with Crippen molar-refractivity contribution in [2.24, 2.45) is 0 Å². The lowest BCUT2D eigenvalue weighted by Crippen LogP contribution is -2.43. The SMILES string of the molecule is C[N+]1(C)CCc2cc(F)ccc2C1. The molecule has 1 heterocycles. The number of hydrogen-bond donors (Lipinski definition) is 0. The zero-order valence-electron chi connectivity index (χ0n) is 8.18. The minimum atomic E-state index is -0.106. The van der Waals surface area contributed by atoms with Gasteiger partial charge in [0.05, 0.1) is 20.6 Å². The van der Waals surface area contributed by atoms with Crippen molar-refractivity contribution < 1.29 is 8.87 Å². The van der Waals surface area contributed by atoms with Crippen LogP contribution in [-0.4, -0.2) is 25.1 Å². The van der Waals surface area contributed by atoms with Gasteiger partial charge in [0, 0.05) is 12.0 Å². The van der Waals surface area contributed by atoms with Crippen LogP contribution in [0.15, 0.2) is 18.2 Å². The molecule has 0 N–H and O–H groups in total. The van der Waals surface area contributed by atoms with Gasteiger partial charge in [-0.3, -0.25) is 0 Å². The van der Waals surface area contributed by atoms with Crippen molar-refractivity contribution in [3.63, 3.8) is 0 Å². The summed E-state index contributed by atoms with van der Waals surface area (Å²) < 4.78 is 13.9. The lowest BCUT2D eigenvalue weighted by Gasteiger charge is -2.34. The van der Waals surface area contributed by atoms with Crippen LogP contribution in [0.1, 0.15) is 11.1 Å². The van der Waals surface area contributed by atoms with E-state index in [0.29, 0.717) is 0 Å². The third-order valence-corrected chi connectivity index (χ3v) is 2.75. The molecule has 0 fully saturated rings. The summed E-state index contributed by atoms with van der Waals surface area (Å²) in [4.78, 5) is 0. The van der Waals surface area contributed by atoms with E-state index in [1.165, 1.54) is 11.1 Å². The Morgan fingerprint density at radius 2 is 2.00 bits per heavy atom. The van der Waals surface area contributed by atoms with Gasteiger partial charge in [-0.15, -0.1) is 0 Å². The highest BCUT2D eigenvalue weighted by Crippen LogP contribution is 2.22. The molecule has 2 rings (SSSR count). The van der Waals surface area contributed by atoms with Crippen molar-refractivity contribution in [1.82, 2.24) is 0 Å². The zero-order chi connectivity index (χ0) is 9.47. The van der Waals surface area contributed by atoms with Crippen molar-refractivity contribution in [3.05, 3.63) is 35.1 Å². The van der Waals surface area contributed by atoms with Crippen molar-refractivity contribution in [1.29, 1.82) is 0 Å². The summed E-state index contributed by atoms with van der Waals surface area (Å²) in [5.41, 5.74) is 2.50. The van der Waals surface area contributed by atoms with E-state index < -0.39 is 0 Å². The lowest BCUT2D eigenvalue weighted by atomic mass is 9.99. The van der Waals surface area contributed by atoms with Crippen LogP contribution in [0.5, 0.6) is 0 Å². The highest BCUT2D eigenvalue weighted by molar-refractivity contribution is 5.28. The topological polar surface area (TPSA) is 0 Å². The van der Waals surface area contributed by atoms with Gasteiger partial charge in [0.15, 0.2) is 0 Å². The monoisotopic (exact) mass is 180 g/mol. The van der Waals surface area contributed by atoms with Crippen LogP contribution in [0.3, 0.4) is 0 Å².